The zero-order valence-corrected chi connectivity index (χ0v) is 20.0. The molecule has 9 nitrogen and oxygen atoms in total. The Morgan fingerprint density at radius 3 is 2.44 bits per heavy atom. The van der Waals surface area contributed by atoms with Gasteiger partial charge in [-0.25, -0.2) is 0 Å². The molecule has 2 N–H and O–H groups in total. The van der Waals surface area contributed by atoms with Crippen molar-refractivity contribution < 1.29 is 14.5 Å². The Bertz CT molecular complexity index is 1190. The van der Waals surface area contributed by atoms with Gasteiger partial charge >= 0.3 is 0 Å². The number of non-ortho nitro benzene ring substituents is 1. The molecule has 0 aliphatic carbocycles. The molecule has 0 fully saturated rings. The molecular weight excluding hydrogens is 478 g/mol. The highest BCUT2D eigenvalue weighted by Gasteiger charge is 2.26. The van der Waals surface area contributed by atoms with E-state index in [1.807, 2.05) is 26.0 Å². The molecule has 3 aromatic rings. The first-order chi connectivity index (χ1) is 16.3. The number of hydrogen-bond donors (Lipinski definition) is 2. The number of anilines is 1. The molecule has 0 radical (unpaired) electrons. The summed E-state index contributed by atoms with van der Waals surface area (Å²) in [4.78, 5) is 35.6. The number of rotatable bonds is 9. The van der Waals surface area contributed by atoms with Gasteiger partial charge in [-0.2, -0.15) is 0 Å². The molecule has 0 spiro atoms. The van der Waals surface area contributed by atoms with Crippen LogP contribution in [0.4, 0.5) is 10.8 Å². The first kappa shape index (κ1) is 25.0. The average molecular weight is 500 g/mol. The molecule has 11 heteroatoms. The van der Waals surface area contributed by atoms with Crippen LogP contribution in [0.3, 0.4) is 0 Å². The van der Waals surface area contributed by atoms with Gasteiger partial charge in [0.25, 0.3) is 5.69 Å². The van der Waals surface area contributed by atoms with Crippen LogP contribution in [0.1, 0.15) is 25.8 Å². The predicted octanol–water partition coefficient (Wildman–Crippen LogP) is 4.95. The van der Waals surface area contributed by atoms with E-state index in [1.54, 1.807) is 12.1 Å². The van der Waals surface area contributed by atoms with Gasteiger partial charge in [0.05, 0.1) is 4.92 Å². The Morgan fingerprint density at radius 1 is 1.15 bits per heavy atom. The van der Waals surface area contributed by atoms with Gasteiger partial charge < -0.3 is 5.32 Å². The highest BCUT2D eigenvalue weighted by Crippen LogP contribution is 2.27. The molecule has 2 unspecified atom stereocenters. The zero-order chi connectivity index (χ0) is 24.7. The lowest BCUT2D eigenvalue weighted by atomic mass is 9.98. The smallest absolute Gasteiger partial charge is 0.269 e. The van der Waals surface area contributed by atoms with E-state index in [0.717, 1.165) is 5.56 Å². The van der Waals surface area contributed by atoms with Gasteiger partial charge in [-0.05, 0) is 41.8 Å². The summed E-state index contributed by atoms with van der Waals surface area (Å²) in [7, 11) is 0. The zero-order valence-electron chi connectivity index (χ0n) is 18.4. The number of carbonyl (C=O) groups is 2. The van der Waals surface area contributed by atoms with Crippen LogP contribution < -0.4 is 10.6 Å². The van der Waals surface area contributed by atoms with Crippen LogP contribution in [-0.4, -0.2) is 33.0 Å². The van der Waals surface area contributed by atoms with Gasteiger partial charge in [-0.15, -0.1) is 10.2 Å². The standard InChI is InChI=1S/C23H22ClN5O4S/c1-3-14(2)20(25-19(30)13-6-15-4-11-18(12-5-15)29(32)33)21(31)26-23-28-27-22(34-23)16-7-9-17(24)10-8-16/h4-14,20H,3H2,1-2H3,(H,25,30)(H,26,28,31). The van der Waals surface area contributed by atoms with Gasteiger partial charge in [-0.3, -0.25) is 25.0 Å². The minimum Gasteiger partial charge on any atom is -0.340 e. The third-order valence-corrected chi connectivity index (χ3v) is 6.21. The van der Waals surface area contributed by atoms with Gasteiger partial charge in [0.15, 0.2) is 0 Å². The molecule has 1 aromatic heterocycles. The number of nitrogens with zero attached hydrogens (tertiary/aromatic N) is 3. The Labute approximate surface area is 205 Å². The monoisotopic (exact) mass is 499 g/mol. The van der Waals surface area contributed by atoms with Crippen LogP contribution in [-0.2, 0) is 9.59 Å². The van der Waals surface area contributed by atoms with Crippen molar-refractivity contribution in [2.24, 2.45) is 5.92 Å². The van der Waals surface area contributed by atoms with Crippen molar-refractivity contribution in [3.8, 4) is 10.6 Å². The highest BCUT2D eigenvalue weighted by atomic mass is 35.5. The number of carbonyl (C=O) groups excluding carboxylic acids is 2. The molecule has 2 amide bonds. The quantitative estimate of drug-likeness (QED) is 0.243. The molecule has 0 saturated heterocycles. The molecule has 2 atom stereocenters. The second-order valence-corrected chi connectivity index (χ2v) is 8.88. The molecule has 0 saturated carbocycles. The Kier molecular flexibility index (Phi) is 8.44. The van der Waals surface area contributed by atoms with Crippen LogP contribution >= 0.6 is 22.9 Å². The van der Waals surface area contributed by atoms with E-state index in [2.05, 4.69) is 20.8 Å². The fourth-order valence-corrected chi connectivity index (χ4v) is 3.83. The first-order valence-corrected chi connectivity index (χ1v) is 11.6. The molecular formula is C23H22ClN5O4S. The average Bonchev–Trinajstić information content (AvgIpc) is 3.29. The number of amides is 2. The van der Waals surface area contributed by atoms with Crippen molar-refractivity contribution in [2.75, 3.05) is 5.32 Å². The molecule has 2 aromatic carbocycles. The number of aromatic nitrogens is 2. The number of nitro groups is 1. The van der Waals surface area contributed by atoms with Crippen molar-refractivity contribution in [3.63, 3.8) is 0 Å². The van der Waals surface area contributed by atoms with Crippen LogP contribution in [0.5, 0.6) is 0 Å². The van der Waals surface area contributed by atoms with E-state index >= 15 is 0 Å². The van der Waals surface area contributed by atoms with E-state index in [0.29, 0.717) is 27.1 Å². The van der Waals surface area contributed by atoms with Gasteiger partial charge in [0, 0.05) is 28.8 Å². The summed E-state index contributed by atoms with van der Waals surface area (Å²) in [6.45, 7) is 3.79. The normalized spacial score (nSPS) is 12.8. The predicted molar refractivity (Wildman–Crippen MR) is 133 cm³/mol. The number of nitrogens with one attached hydrogen (secondary N) is 2. The number of benzene rings is 2. The van der Waals surface area contributed by atoms with Crippen LogP contribution in [0, 0.1) is 16.0 Å². The highest BCUT2D eigenvalue weighted by molar-refractivity contribution is 7.18. The summed E-state index contributed by atoms with van der Waals surface area (Å²) < 4.78 is 0. The van der Waals surface area contributed by atoms with Gasteiger partial charge in [-0.1, -0.05) is 55.3 Å². The summed E-state index contributed by atoms with van der Waals surface area (Å²) in [6, 6.07) is 12.1. The Balaban J connectivity index is 1.65. The number of nitro benzene ring substituents is 1. The maximum Gasteiger partial charge on any atom is 0.269 e. The van der Waals surface area contributed by atoms with Crippen molar-refractivity contribution in [1.29, 1.82) is 0 Å². The van der Waals surface area contributed by atoms with Crippen LogP contribution in [0.25, 0.3) is 16.6 Å². The number of hydrogen-bond acceptors (Lipinski definition) is 7. The fourth-order valence-electron chi connectivity index (χ4n) is 2.95. The number of halogens is 1. The molecule has 3 rings (SSSR count). The molecule has 0 aliphatic heterocycles. The Hall–Kier alpha value is -3.63. The van der Waals surface area contributed by atoms with Crippen molar-refractivity contribution in [2.45, 2.75) is 26.3 Å². The van der Waals surface area contributed by atoms with E-state index in [-0.39, 0.29) is 11.6 Å². The van der Waals surface area contributed by atoms with E-state index in [9.17, 15) is 19.7 Å². The summed E-state index contributed by atoms with van der Waals surface area (Å²) in [5, 5.41) is 25.9. The second kappa shape index (κ2) is 11.5. The van der Waals surface area contributed by atoms with Crippen molar-refractivity contribution in [3.05, 3.63) is 75.3 Å². The third kappa shape index (κ3) is 6.69. The molecule has 176 valence electrons. The molecule has 1 heterocycles. The SMILES string of the molecule is CCC(C)C(NC(=O)C=Cc1ccc([N+](=O)[O-])cc1)C(=O)Nc1nnc(-c2ccc(Cl)cc2)s1. The topological polar surface area (TPSA) is 127 Å². The fraction of sp³-hybridized carbons (Fsp3) is 0.217. The van der Waals surface area contributed by atoms with Gasteiger partial charge in [0.2, 0.25) is 16.9 Å². The first-order valence-electron chi connectivity index (χ1n) is 10.4. The minimum atomic E-state index is -0.790. The maximum absolute atomic E-state index is 12.9. The Morgan fingerprint density at radius 2 is 1.82 bits per heavy atom. The molecule has 0 bridgehead atoms. The second-order valence-electron chi connectivity index (χ2n) is 7.46. The lowest BCUT2D eigenvalue weighted by molar-refractivity contribution is -0.384. The summed E-state index contributed by atoms with van der Waals surface area (Å²) >= 11 is 7.13. The largest absolute Gasteiger partial charge is 0.340 e. The van der Waals surface area contributed by atoms with E-state index in [1.165, 1.54) is 47.8 Å². The van der Waals surface area contributed by atoms with Crippen LogP contribution in [0.15, 0.2) is 54.6 Å². The van der Waals surface area contributed by atoms with E-state index in [4.69, 9.17) is 11.6 Å². The summed E-state index contributed by atoms with van der Waals surface area (Å²) in [5.74, 6) is -0.997. The van der Waals surface area contributed by atoms with Crippen LogP contribution in [0.2, 0.25) is 5.02 Å². The van der Waals surface area contributed by atoms with Crippen molar-refractivity contribution >= 4 is 51.6 Å². The molecule has 34 heavy (non-hydrogen) atoms. The van der Waals surface area contributed by atoms with Crippen molar-refractivity contribution in [1.82, 2.24) is 15.5 Å². The maximum atomic E-state index is 12.9. The third-order valence-electron chi connectivity index (χ3n) is 5.07. The summed E-state index contributed by atoms with van der Waals surface area (Å²) in [6.07, 6.45) is 3.47. The lowest BCUT2D eigenvalue weighted by Gasteiger charge is -2.22. The lowest BCUT2D eigenvalue weighted by Crippen LogP contribution is -2.47. The molecule has 0 aliphatic rings. The summed E-state index contributed by atoms with van der Waals surface area (Å²) in [5.41, 5.74) is 1.41. The van der Waals surface area contributed by atoms with Gasteiger partial charge in [0.1, 0.15) is 11.0 Å². The minimum absolute atomic E-state index is 0.0361. The van der Waals surface area contributed by atoms with E-state index < -0.39 is 22.8 Å².